The van der Waals surface area contributed by atoms with Crippen molar-refractivity contribution >= 4 is 17.7 Å². The van der Waals surface area contributed by atoms with Gasteiger partial charge in [0.05, 0.1) is 17.0 Å². The summed E-state index contributed by atoms with van der Waals surface area (Å²) in [4.78, 5) is 12.9. The second-order valence-electron chi connectivity index (χ2n) is 7.29. The Labute approximate surface area is 176 Å². The lowest BCUT2D eigenvalue weighted by Gasteiger charge is -2.21. The van der Waals surface area contributed by atoms with Gasteiger partial charge in [0.2, 0.25) is 5.91 Å². The minimum absolute atomic E-state index is 0.00724. The monoisotopic (exact) mass is 408 g/mol. The lowest BCUT2D eigenvalue weighted by atomic mass is 10.0. The number of aromatic nitrogens is 3. The van der Waals surface area contributed by atoms with Crippen molar-refractivity contribution in [1.82, 2.24) is 20.1 Å². The van der Waals surface area contributed by atoms with E-state index in [1.165, 1.54) is 17.3 Å². The van der Waals surface area contributed by atoms with Crippen LogP contribution in [0.4, 0.5) is 0 Å². The molecule has 1 amide bonds. The Balaban J connectivity index is 1.73. The molecule has 0 aliphatic heterocycles. The zero-order valence-electron chi connectivity index (χ0n) is 17.4. The fourth-order valence-corrected chi connectivity index (χ4v) is 4.09. The molecule has 0 aliphatic rings. The number of benzene rings is 2. The van der Waals surface area contributed by atoms with Gasteiger partial charge < -0.3 is 5.32 Å². The van der Waals surface area contributed by atoms with Crippen LogP contribution in [0.25, 0.3) is 5.69 Å². The molecular weight excluding hydrogens is 380 g/mol. The number of nitrogens with one attached hydrogen (secondary N) is 1. The number of hydrogen-bond acceptors (Lipinski definition) is 4. The van der Waals surface area contributed by atoms with Gasteiger partial charge in [0.15, 0.2) is 5.16 Å². The first kappa shape index (κ1) is 21.1. The molecule has 0 saturated carbocycles. The first-order valence-electron chi connectivity index (χ1n) is 9.99. The van der Waals surface area contributed by atoms with Crippen molar-refractivity contribution in [1.29, 1.82) is 0 Å². The summed E-state index contributed by atoms with van der Waals surface area (Å²) < 4.78 is 1.96. The van der Waals surface area contributed by atoms with Crippen molar-refractivity contribution in [3.05, 3.63) is 71.5 Å². The number of carbonyl (C=O) groups excluding carboxylic acids is 1. The molecule has 0 saturated heterocycles. The van der Waals surface area contributed by atoms with Gasteiger partial charge in [-0.1, -0.05) is 67.6 Å². The van der Waals surface area contributed by atoms with E-state index < -0.39 is 0 Å². The van der Waals surface area contributed by atoms with Crippen LogP contribution < -0.4 is 5.32 Å². The fraction of sp³-hybridized carbons (Fsp3) is 0.348. The molecule has 0 bridgehead atoms. The van der Waals surface area contributed by atoms with E-state index in [0.717, 1.165) is 29.7 Å². The Morgan fingerprint density at radius 2 is 1.93 bits per heavy atom. The van der Waals surface area contributed by atoms with Gasteiger partial charge in [-0.25, -0.2) is 0 Å². The summed E-state index contributed by atoms with van der Waals surface area (Å²) in [5.41, 5.74) is 4.49. The van der Waals surface area contributed by atoms with Gasteiger partial charge in [0, 0.05) is 0 Å². The lowest BCUT2D eigenvalue weighted by Crippen LogP contribution is -2.34. The Morgan fingerprint density at radius 3 is 2.66 bits per heavy atom. The molecule has 0 unspecified atom stereocenters. The molecule has 3 rings (SSSR count). The summed E-state index contributed by atoms with van der Waals surface area (Å²) in [5, 5.41) is 12.0. The van der Waals surface area contributed by atoms with E-state index in [2.05, 4.69) is 66.6 Å². The van der Waals surface area contributed by atoms with Crippen molar-refractivity contribution in [3.8, 4) is 5.69 Å². The highest BCUT2D eigenvalue weighted by Crippen LogP contribution is 2.27. The summed E-state index contributed by atoms with van der Waals surface area (Å²) in [7, 11) is 0. The number of thioether (sulfide) groups is 1. The summed E-state index contributed by atoms with van der Waals surface area (Å²) in [6, 6.07) is 16.4. The van der Waals surface area contributed by atoms with Crippen LogP contribution in [0.2, 0.25) is 0 Å². The van der Waals surface area contributed by atoms with Gasteiger partial charge in [-0.15, -0.1) is 10.2 Å². The maximum atomic E-state index is 12.9. The van der Waals surface area contributed by atoms with Crippen molar-refractivity contribution in [2.75, 3.05) is 0 Å². The number of carbonyl (C=O) groups is 1. The molecule has 29 heavy (non-hydrogen) atoms. The number of aryl methyl sites for hydroxylation is 2. The van der Waals surface area contributed by atoms with Crippen LogP contribution in [0, 0.1) is 13.8 Å². The third kappa shape index (κ3) is 5.26. The molecule has 1 aromatic heterocycles. The molecule has 1 N–H and O–H groups in total. The highest BCUT2D eigenvalue weighted by atomic mass is 32.2. The average molecular weight is 409 g/mol. The Bertz CT molecular complexity index is 955. The van der Waals surface area contributed by atoms with E-state index in [-0.39, 0.29) is 17.2 Å². The minimum atomic E-state index is -0.286. The van der Waals surface area contributed by atoms with Crippen LogP contribution in [-0.4, -0.2) is 25.9 Å². The van der Waals surface area contributed by atoms with Crippen LogP contribution in [-0.2, 0) is 4.79 Å². The van der Waals surface area contributed by atoms with Gasteiger partial charge in [-0.05, 0) is 49.9 Å². The van der Waals surface area contributed by atoms with E-state index in [4.69, 9.17) is 0 Å². The summed E-state index contributed by atoms with van der Waals surface area (Å²) in [6.45, 7) is 8.17. The van der Waals surface area contributed by atoms with E-state index in [1.54, 1.807) is 6.33 Å². The molecular formula is C23H28N4OS. The third-order valence-electron chi connectivity index (χ3n) is 4.89. The van der Waals surface area contributed by atoms with Gasteiger partial charge in [-0.3, -0.25) is 9.36 Å². The molecule has 0 spiro atoms. The summed E-state index contributed by atoms with van der Waals surface area (Å²) in [6.07, 6.45) is 3.62. The first-order valence-corrected chi connectivity index (χ1v) is 10.9. The third-order valence-corrected chi connectivity index (χ3v) is 5.94. The first-order chi connectivity index (χ1) is 14.0. The Morgan fingerprint density at radius 1 is 1.17 bits per heavy atom. The summed E-state index contributed by atoms with van der Waals surface area (Å²) in [5.74, 6) is 0.00724. The van der Waals surface area contributed by atoms with E-state index in [0.29, 0.717) is 5.16 Å². The van der Waals surface area contributed by atoms with Crippen molar-refractivity contribution in [2.24, 2.45) is 0 Å². The molecule has 0 fully saturated rings. The second kappa shape index (κ2) is 9.74. The molecule has 2 atom stereocenters. The topological polar surface area (TPSA) is 59.8 Å². The number of amides is 1. The van der Waals surface area contributed by atoms with E-state index in [1.807, 2.05) is 29.7 Å². The number of rotatable bonds is 8. The zero-order valence-corrected chi connectivity index (χ0v) is 18.2. The smallest absolute Gasteiger partial charge is 0.233 e. The SMILES string of the molecule is CCC[C@@H](NC(=O)[C@@H](C)Sc1nncn1-c1cc(C)ccc1C)c1ccccc1. The van der Waals surface area contributed by atoms with Gasteiger partial charge in [0.1, 0.15) is 6.33 Å². The highest BCUT2D eigenvalue weighted by molar-refractivity contribution is 8.00. The quantitative estimate of drug-likeness (QED) is 0.532. The van der Waals surface area contributed by atoms with Crippen LogP contribution in [0.5, 0.6) is 0 Å². The fourth-order valence-electron chi connectivity index (χ4n) is 3.25. The predicted molar refractivity (Wildman–Crippen MR) is 118 cm³/mol. The molecule has 0 aliphatic carbocycles. The largest absolute Gasteiger partial charge is 0.348 e. The van der Waals surface area contributed by atoms with E-state index in [9.17, 15) is 4.79 Å². The van der Waals surface area contributed by atoms with Gasteiger partial charge >= 0.3 is 0 Å². The Kier molecular flexibility index (Phi) is 7.09. The summed E-state index contributed by atoms with van der Waals surface area (Å²) >= 11 is 1.43. The molecule has 2 aromatic carbocycles. The standard InChI is InChI=1S/C23H28N4OS/c1-5-9-20(19-10-7-6-8-11-19)25-22(28)18(4)29-23-26-24-15-27(23)21-14-16(2)12-13-17(21)3/h6-8,10-15,18,20H,5,9H2,1-4H3,(H,25,28)/t18-,20-/m1/s1. The number of hydrogen-bond donors (Lipinski definition) is 1. The van der Waals surface area contributed by atoms with Crippen molar-refractivity contribution < 1.29 is 4.79 Å². The van der Waals surface area contributed by atoms with Crippen molar-refractivity contribution in [3.63, 3.8) is 0 Å². The molecule has 0 radical (unpaired) electrons. The zero-order chi connectivity index (χ0) is 20.8. The number of nitrogens with zero attached hydrogens (tertiary/aromatic N) is 3. The van der Waals surface area contributed by atoms with E-state index >= 15 is 0 Å². The van der Waals surface area contributed by atoms with Crippen LogP contribution in [0.3, 0.4) is 0 Å². The molecule has 3 aromatic rings. The average Bonchev–Trinajstić information content (AvgIpc) is 3.18. The lowest BCUT2D eigenvalue weighted by molar-refractivity contribution is -0.121. The highest BCUT2D eigenvalue weighted by Gasteiger charge is 2.22. The maximum absolute atomic E-state index is 12.9. The maximum Gasteiger partial charge on any atom is 0.233 e. The predicted octanol–water partition coefficient (Wildman–Crippen LogP) is 5.02. The van der Waals surface area contributed by atoms with Gasteiger partial charge in [0.25, 0.3) is 0 Å². The Hall–Kier alpha value is -2.60. The minimum Gasteiger partial charge on any atom is -0.348 e. The van der Waals surface area contributed by atoms with Crippen LogP contribution in [0.15, 0.2) is 60.0 Å². The second-order valence-corrected chi connectivity index (χ2v) is 8.60. The molecule has 152 valence electrons. The normalized spacial score (nSPS) is 13.1. The van der Waals surface area contributed by atoms with Crippen molar-refractivity contribution in [2.45, 2.75) is 57.0 Å². The van der Waals surface area contributed by atoms with Crippen LogP contribution in [0.1, 0.15) is 49.4 Å². The van der Waals surface area contributed by atoms with Gasteiger partial charge in [-0.2, -0.15) is 0 Å². The molecule has 5 nitrogen and oxygen atoms in total. The molecule has 6 heteroatoms. The van der Waals surface area contributed by atoms with Crippen LogP contribution >= 0.6 is 11.8 Å². The molecule has 1 heterocycles.